The summed E-state index contributed by atoms with van der Waals surface area (Å²) in [5.74, 6) is -0.299. The van der Waals surface area contributed by atoms with Crippen molar-refractivity contribution in [2.45, 2.75) is 25.9 Å². The monoisotopic (exact) mass is 287 g/mol. The molecular formula is C16H21N3O2. The number of rotatable bonds is 6. The molecule has 1 aromatic heterocycles. The van der Waals surface area contributed by atoms with E-state index in [1.165, 1.54) is 0 Å². The minimum atomic E-state index is -0.949. The predicted molar refractivity (Wildman–Crippen MR) is 80.8 cm³/mol. The van der Waals surface area contributed by atoms with Crippen LogP contribution in [0.25, 0.3) is 0 Å². The van der Waals surface area contributed by atoms with Gasteiger partial charge in [0.25, 0.3) is 0 Å². The molecule has 0 spiro atoms. The highest BCUT2D eigenvalue weighted by Crippen LogP contribution is 2.25. The lowest BCUT2D eigenvalue weighted by molar-refractivity contribution is -0.152. The topological polar surface area (TPSA) is 56.2 Å². The quantitative estimate of drug-likeness (QED) is 0.824. The first-order valence-electron chi connectivity index (χ1n) is 7.04. The third-order valence-electron chi connectivity index (χ3n) is 3.49. The van der Waals surface area contributed by atoms with Crippen LogP contribution in [0.2, 0.25) is 0 Å². The Kier molecular flexibility index (Phi) is 4.75. The zero-order chi connectivity index (χ0) is 15.3. The van der Waals surface area contributed by atoms with Gasteiger partial charge in [-0.05, 0) is 32.5 Å². The van der Waals surface area contributed by atoms with E-state index in [2.05, 4.69) is 10.4 Å². The zero-order valence-corrected chi connectivity index (χ0v) is 12.7. The smallest absolute Gasteiger partial charge is 0.332 e. The minimum absolute atomic E-state index is 0.299. The highest BCUT2D eigenvalue weighted by atomic mass is 16.5. The Labute approximate surface area is 124 Å². The van der Waals surface area contributed by atoms with Crippen LogP contribution in [0.5, 0.6) is 0 Å². The van der Waals surface area contributed by atoms with Gasteiger partial charge in [-0.1, -0.05) is 30.3 Å². The number of aromatic nitrogens is 2. The van der Waals surface area contributed by atoms with Crippen molar-refractivity contribution in [1.82, 2.24) is 15.1 Å². The Morgan fingerprint density at radius 2 is 2.05 bits per heavy atom. The van der Waals surface area contributed by atoms with E-state index in [1.54, 1.807) is 18.7 Å². The lowest BCUT2D eigenvalue weighted by atomic mass is 9.90. The van der Waals surface area contributed by atoms with E-state index in [4.69, 9.17) is 4.74 Å². The molecule has 0 radical (unpaired) electrons. The molecule has 2 aromatic rings. The van der Waals surface area contributed by atoms with Crippen molar-refractivity contribution in [2.24, 2.45) is 0 Å². The van der Waals surface area contributed by atoms with Crippen LogP contribution in [0, 0.1) is 6.92 Å². The fourth-order valence-electron chi connectivity index (χ4n) is 2.37. The van der Waals surface area contributed by atoms with Gasteiger partial charge >= 0.3 is 5.97 Å². The van der Waals surface area contributed by atoms with E-state index in [0.717, 1.165) is 11.3 Å². The number of benzene rings is 1. The molecule has 1 aromatic carbocycles. The first kappa shape index (κ1) is 15.3. The Bertz CT molecular complexity index is 595. The molecule has 1 atom stereocenters. The van der Waals surface area contributed by atoms with E-state index in [9.17, 15) is 4.79 Å². The Hall–Kier alpha value is -2.14. The lowest BCUT2D eigenvalue weighted by Crippen LogP contribution is -2.51. The van der Waals surface area contributed by atoms with E-state index in [1.807, 2.05) is 49.5 Å². The SMILES string of the molecule is CCOC(=O)C(Cn1ccc(C)n1)(NC)c1ccccc1. The van der Waals surface area contributed by atoms with Gasteiger partial charge in [-0.25, -0.2) is 4.79 Å². The second-order valence-electron chi connectivity index (χ2n) is 4.90. The van der Waals surface area contributed by atoms with Crippen LogP contribution < -0.4 is 5.32 Å². The molecule has 5 heteroatoms. The Morgan fingerprint density at radius 1 is 1.33 bits per heavy atom. The van der Waals surface area contributed by atoms with Crippen LogP contribution in [0.1, 0.15) is 18.2 Å². The van der Waals surface area contributed by atoms with Crippen molar-refractivity contribution < 1.29 is 9.53 Å². The molecule has 0 bridgehead atoms. The average molecular weight is 287 g/mol. The first-order chi connectivity index (χ1) is 10.1. The van der Waals surface area contributed by atoms with E-state index < -0.39 is 5.54 Å². The van der Waals surface area contributed by atoms with E-state index >= 15 is 0 Å². The third kappa shape index (κ3) is 3.13. The standard InChI is InChI=1S/C16H21N3O2/c1-4-21-15(20)16(17-3,14-8-6-5-7-9-14)12-19-11-10-13(2)18-19/h5-11,17H,4,12H2,1-3H3. The molecule has 0 amide bonds. The van der Waals surface area contributed by atoms with Crippen molar-refractivity contribution in [3.05, 3.63) is 53.9 Å². The van der Waals surface area contributed by atoms with Crippen LogP contribution in [0.3, 0.4) is 0 Å². The summed E-state index contributed by atoms with van der Waals surface area (Å²) in [6.07, 6.45) is 1.86. The number of nitrogens with one attached hydrogen (secondary N) is 1. The van der Waals surface area contributed by atoms with Crippen LogP contribution >= 0.6 is 0 Å². The number of hydrogen-bond donors (Lipinski definition) is 1. The number of carbonyl (C=O) groups excluding carboxylic acids is 1. The predicted octanol–water partition coefficient (Wildman–Crippen LogP) is 1.87. The maximum Gasteiger partial charge on any atom is 0.332 e. The van der Waals surface area contributed by atoms with Crippen LogP contribution in [-0.4, -0.2) is 29.4 Å². The molecule has 2 rings (SSSR count). The number of likely N-dealkylation sites (N-methyl/N-ethyl adjacent to an activating group) is 1. The molecule has 21 heavy (non-hydrogen) atoms. The fraction of sp³-hybridized carbons (Fsp3) is 0.375. The van der Waals surface area contributed by atoms with Crippen LogP contribution in [-0.2, 0) is 21.6 Å². The summed E-state index contributed by atoms with van der Waals surface area (Å²) < 4.78 is 7.05. The normalized spacial score (nSPS) is 13.7. The summed E-state index contributed by atoms with van der Waals surface area (Å²) in [4.78, 5) is 12.6. The second-order valence-corrected chi connectivity index (χ2v) is 4.90. The van der Waals surface area contributed by atoms with Crippen molar-refractivity contribution in [1.29, 1.82) is 0 Å². The molecule has 0 aliphatic heterocycles. The summed E-state index contributed by atoms with van der Waals surface area (Å²) in [5.41, 5.74) is 0.825. The summed E-state index contributed by atoms with van der Waals surface area (Å²) in [7, 11) is 1.76. The van der Waals surface area contributed by atoms with Crippen molar-refractivity contribution >= 4 is 5.97 Å². The van der Waals surface area contributed by atoms with Gasteiger partial charge in [-0.2, -0.15) is 5.10 Å². The van der Waals surface area contributed by atoms with Gasteiger partial charge in [0.05, 0.1) is 18.8 Å². The Morgan fingerprint density at radius 3 is 2.57 bits per heavy atom. The van der Waals surface area contributed by atoms with Gasteiger partial charge in [0.2, 0.25) is 0 Å². The third-order valence-corrected chi connectivity index (χ3v) is 3.49. The van der Waals surface area contributed by atoms with Crippen molar-refractivity contribution in [3.63, 3.8) is 0 Å². The van der Waals surface area contributed by atoms with Gasteiger partial charge in [0.15, 0.2) is 5.54 Å². The molecule has 5 nitrogen and oxygen atoms in total. The minimum Gasteiger partial charge on any atom is -0.464 e. The largest absolute Gasteiger partial charge is 0.464 e. The molecule has 0 saturated carbocycles. The maximum absolute atomic E-state index is 12.6. The average Bonchev–Trinajstić information content (AvgIpc) is 2.91. The highest BCUT2D eigenvalue weighted by Gasteiger charge is 2.41. The Balaban J connectivity index is 2.43. The first-order valence-corrected chi connectivity index (χ1v) is 7.04. The van der Waals surface area contributed by atoms with Gasteiger partial charge in [0, 0.05) is 6.20 Å². The summed E-state index contributed by atoms with van der Waals surface area (Å²) in [5, 5.41) is 7.52. The fourth-order valence-corrected chi connectivity index (χ4v) is 2.37. The van der Waals surface area contributed by atoms with Gasteiger partial charge < -0.3 is 4.74 Å². The molecular weight excluding hydrogens is 266 g/mol. The molecule has 0 aliphatic rings. The van der Waals surface area contributed by atoms with Gasteiger partial charge in [-0.3, -0.25) is 10.00 Å². The summed E-state index contributed by atoms with van der Waals surface area (Å²) in [6, 6.07) is 11.5. The summed E-state index contributed by atoms with van der Waals surface area (Å²) >= 11 is 0. The van der Waals surface area contributed by atoms with Gasteiger partial charge in [0.1, 0.15) is 0 Å². The van der Waals surface area contributed by atoms with Crippen LogP contribution in [0.4, 0.5) is 0 Å². The second kappa shape index (κ2) is 6.54. The van der Waals surface area contributed by atoms with E-state index in [-0.39, 0.29) is 5.97 Å². The molecule has 112 valence electrons. The molecule has 1 unspecified atom stereocenters. The number of hydrogen-bond acceptors (Lipinski definition) is 4. The van der Waals surface area contributed by atoms with Crippen molar-refractivity contribution in [2.75, 3.05) is 13.7 Å². The molecule has 0 saturated heterocycles. The molecule has 0 aliphatic carbocycles. The maximum atomic E-state index is 12.6. The molecule has 1 N–H and O–H groups in total. The lowest BCUT2D eigenvalue weighted by Gasteiger charge is -2.31. The van der Waals surface area contributed by atoms with Crippen LogP contribution in [0.15, 0.2) is 42.6 Å². The number of ether oxygens (including phenoxy) is 1. The van der Waals surface area contributed by atoms with Crippen molar-refractivity contribution in [3.8, 4) is 0 Å². The molecule has 0 fully saturated rings. The number of esters is 1. The van der Waals surface area contributed by atoms with Gasteiger partial charge in [-0.15, -0.1) is 0 Å². The number of aryl methyl sites for hydroxylation is 1. The number of carbonyl (C=O) groups is 1. The zero-order valence-electron chi connectivity index (χ0n) is 12.7. The number of nitrogens with zero attached hydrogens (tertiary/aromatic N) is 2. The highest BCUT2D eigenvalue weighted by molar-refractivity contribution is 5.82. The molecule has 1 heterocycles. The summed E-state index contributed by atoms with van der Waals surface area (Å²) in [6.45, 7) is 4.44. The van der Waals surface area contributed by atoms with E-state index in [0.29, 0.717) is 13.2 Å².